The minimum Gasteiger partial charge on any atom is -0.482 e. The lowest BCUT2D eigenvalue weighted by Gasteiger charge is -2.14. The van der Waals surface area contributed by atoms with E-state index in [1.54, 1.807) is 6.92 Å². The summed E-state index contributed by atoms with van der Waals surface area (Å²) in [7, 11) is 0. The van der Waals surface area contributed by atoms with Crippen LogP contribution in [0.2, 0.25) is 0 Å². The van der Waals surface area contributed by atoms with Crippen molar-refractivity contribution in [3.63, 3.8) is 0 Å². The summed E-state index contributed by atoms with van der Waals surface area (Å²) in [6, 6.07) is 17.1. The lowest BCUT2D eigenvalue weighted by atomic mass is 10.0. The van der Waals surface area contributed by atoms with Crippen LogP contribution in [0.4, 0.5) is 0 Å². The van der Waals surface area contributed by atoms with Gasteiger partial charge in [0.25, 0.3) is 5.89 Å². The smallest absolute Gasteiger partial charge is 0.344 e. The van der Waals surface area contributed by atoms with Gasteiger partial charge in [0.1, 0.15) is 5.75 Å². The molecule has 2 aromatic carbocycles. The maximum absolute atomic E-state index is 12.1. The van der Waals surface area contributed by atoms with Gasteiger partial charge < -0.3 is 13.9 Å². The topological polar surface area (TPSA) is 74.5 Å². The number of benzene rings is 2. The molecule has 0 spiro atoms. The van der Waals surface area contributed by atoms with E-state index in [0.717, 1.165) is 11.1 Å². The highest BCUT2D eigenvalue weighted by Crippen LogP contribution is 2.26. The fourth-order valence-electron chi connectivity index (χ4n) is 2.60. The van der Waals surface area contributed by atoms with Gasteiger partial charge in [0.05, 0.1) is 0 Å². The van der Waals surface area contributed by atoms with E-state index in [1.165, 1.54) is 0 Å². The molecular formula is C21H22N2O4. The molecule has 0 aliphatic heterocycles. The molecule has 0 fully saturated rings. The first-order valence-electron chi connectivity index (χ1n) is 8.84. The molecule has 0 N–H and O–H groups in total. The van der Waals surface area contributed by atoms with Crippen molar-refractivity contribution in [2.75, 3.05) is 6.61 Å². The van der Waals surface area contributed by atoms with Gasteiger partial charge in [-0.1, -0.05) is 50.2 Å². The van der Waals surface area contributed by atoms with Crippen molar-refractivity contribution in [1.29, 1.82) is 0 Å². The number of aromatic nitrogens is 2. The molecule has 1 heterocycles. The number of carbonyl (C=O) groups excluding carboxylic acids is 1. The van der Waals surface area contributed by atoms with Gasteiger partial charge in [-0.25, -0.2) is 4.79 Å². The van der Waals surface area contributed by atoms with E-state index in [2.05, 4.69) is 24.0 Å². The third-order valence-corrected chi connectivity index (χ3v) is 4.00. The molecule has 1 atom stereocenters. The van der Waals surface area contributed by atoms with Crippen molar-refractivity contribution in [1.82, 2.24) is 10.2 Å². The van der Waals surface area contributed by atoms with E-state index in [9.17, 15) is 4.79 Å². The van der Waals surface area contributed by atoms with Crippen LogP contribution in [0.5, 0.6) is 5.75 Å². The van der Waals surface area contributed by atoms with Gasteiger partial charge in [-0.3, -0.25) is 0 Å². The lowest BCUT2D eigenvalue weighted by Crippen LogP contribution is -2.17. The van der Waals surface area contributed by atoms with Gasteiger partial charge in [0.15, 0.2) is 12.7 Å². The molecule has 6 heteroatoms. The van der Waals surface area contributed by atoms with Crippen molar-refractivity contribution >= 4 is 5.97 Å². The number of carbonyl (C=O) groups is 1. The van der Waals surface area contributed by atoms with E-state index < -0.39 is 12.1 Å². The standard InChI is InChI=1S/C21H22N2O4/c1-14(2)17-11-7-8-12-18(17)25-13-19(24)26-15(3)20-22-23-21(27-20)16-9-5-4-6-10-16/h4-12,14-15H,13H2,1-3H3. The Kier molecular flexibility index (Phi) is 5.86. The van der Waals surface area contributed by atoms with E-state index in [1.807, 2.05) is 54.6 Å². The predicted molar refractivity (Wildman–Crippen MR) is 100 cm³/mol. The fraction of sp³-hybridized carbons (Fsp3) is 0.286. The van der Waals surface area contributed by atoms with Gasteiger partial charge in [-0.05, 0) is 36.6 Å². The summed E-state index contributed by atoms with van der Waals surface area (Å²) in [5.41, 5.74) is 1.85. The first-order valence-corrected chi connectivity index (χ1v) is 8.84. The maximum Gasteiger partial charge on any atom is 0.344 e. The number of para-hydroxylation sites is 1. The Balaban J connectivity index is 1.58. The molecule has 27 heavy (non-hydrogen) atoms. The van der Waals surface area contributed by atoms with Gasteiger partial charge >= 0.3 is 5.97 Å². The number of ether oxygens (including phenoxy) is 2. The summed E-state index contributed by atoms with van der Waals surface area (Å²) in [4.78, 5) is 12.1. The fourth-order valence-corrected chi connectivity index (χ4v) is 2.60. The Morgan fingerprint density at radius 1 is 1.00 bits per heavy atom. The summed E-state index contributed by atoms with van der Waals surface area (Å²) in [5, 5.41) is 7.97. The van der Waals surface area contributed by atoms with E-state index in [4.69, 9.17) is 13.9 Å². The molecule has 6 nitrogen and oxygen atoms in total. The number of hydrogen-bond donors (Lipinski definition) is 0. The Labute approximate surface area is 158 Å². The highest BCUT2D eigenvalue weighted by molar-refractivity contribution is 5.71. The maximum atomic E-state index is 12.1. The van der Waals surface area contributed by atoms with Gasteiger partial charge in [-0.15, -0.1) is 10.2 Å². The Morgan fingerprint density at radius 2 is 1.70 bits per heavy atom. The minimum absolute atomic E-state index is 0.187. The minimum atomic E-state index is -0.661. The summed E-state index contributed by atoms with van der Waals surface area (Å²) in [6.45, 7) is 5.64. The van der Waals surface area contributed by atoms with Gasteiger partial charge in [0, 0.05) is 5.56 Å². The molecular weight excluding hydrogens is 344 g/mol. The van der Waals surface area contributed by atoms with Crippen molar-refractivity contribution in [2.45, 2.75) is 32.8 Å². The SMILES string of the molecule is CC(C)c1ccccc1OCC(=O)OC(C)c1nnc(-c2ccccc2)o1. The molecule has 140 valence electrons. The summed E-state index contributed by atoms with van der Waals surface area (Å²) in [6.07, 6.45) is -0.661. The van der Waals surface area contributed by atoms with Crippen LogP contribution in [0, 0.1) is 0 Å². The zero-order valence-electron chi connectivity index (χ0n) is 15.6. The van der Waals surface area contributed by atoms with E-state index in [-0.39, 0.29) is 12.5 Å². The van der Waals surface area contributed by atoms with Crippen molar-refractivity contribution < 1.29 is 18.7 Å². The zero-order valence-corrected chi connectivity index (χ0v) is 15.6. The molecule has 3 aromatic rings. The van der Waals surface area contributed by atoms with Gasteiger partial charge in [0.2, 0.25) is 5.89 Å². The summed E-state index contributed by atoms with van der Waals surface area (Å²) in [5.74, 6) is 1.10. The van der Waals surface area contributed by atoms with Crippen LogP contribution >= 0.6 is 0 Å². The highest BCUT2D eigenvalue weighted by atomic mass is 16.6. The second kappa shape index (κ2) is 8.49. The molecule has 3 rings (SSSR count). The third-order valence-electron chi connectivity index (χ3n) is 4.00. The first kappa shape index (κ1) is 18.6. The Hall–Kier alpha value is -3.15. The van der Waals surface area contributed by atoms with Crippen LogP contribution < -0.4 is 4.74 Å². The summed E-state index contributed by atoms with van der Waals surface area (Å²) < 4.78 is 16.6. The van der Waals surface area contributed by atoms with E-state index >= 15 is 0 Å². The van der Waals surface area contributed by atoms with Crippen molar-refractivity contribution in [2.24, 2.45) is 0 Å². The quantitative estimate of drug-likeness (QED) is 0.571. The van der Waals surface area contributed by atoms with E-state index in [0.29, 0.717) is 17.6 Å². The molecule has 0 radical (unpaired) electrons. The Bertz CT molecular complexity index is 890. The highest BCUT2D eigenvalue weighted by Gasteiger charge is 2.19. The van der Waals surface area contributed by atoms with Crippen LogP contribution in [0.15, 0.2) is 59.0 Å². The average Bonchev–Trinajstić information content (AvgIpc) is 3.17. The lowest BCUT2D eigenvalue weighted by molar-refractivity contribution is -0.152. The van der Waals surface area contributed by atoms with Crippen LogP contribution in [-0.2, 0) is 9.53 Å². The van der Waals surface area contributed by atoms with Crippen LogP contribution in [0.3, 0.4) is 0 Å². The molecule has 0 amide bonds. The second-order valence-corrected chi connectivity index (χ2v) is 6.42. The molecule has 0 aliphatic carbocycles. The summed E-state index contributed by atoms with van der Waals surface area (Å²) >= 11 is 0. The molecule has 0 aliphatic rings. The molecule has 0 saturated heterocycles. The zero-order chi connectivity index (χ0) is 19.2. The monoisotopic (exact) mass is 366 g/mol. The van der Waals surface area contributed by atoms with Crippen molar-refractivity contribution in [3.8, 4) is 17.2 Å². The molecule has 1 aromatic heterocycles. The number of rotatable bonds is 7. The number of hydrogen-bond acceptors (Lipinski definition) is 6. The third kappa shape index (κ3) is 4.73. The normalized spacial score (nSPS) is 12.0. The average molecular weight is 366 g/mol. The molecule has 0 saturated carbocycles. The largest absolute Gasteiger partial charge is 0.482 e. The first-order chi connectivity index (χ1) is 13.0. The van der Waals surface area contributed by atoms with Crippen LogP contribution in [0.1, 0.15) is 44.2 Å². The predicted octanol–water partition coefficient (Wildman–Crippen LogP) is 4.54. The number of nitrogens with zero attached hydrogens (tertiary/aromatic N) is 2. The molecule has 0 bridgehead atoms. The Morgan fingerprint density at radius 3 is 2.44 bits per heavy atom. The second-order valence-electron chi connectivity index (χ2n) is 6.42. The number of esters is 1. The van der Waals surface area contributed by atoms with Gasteiger partial charge in [-0.2, -0.15) is 0 Å². The van der Waals surface area contributed by atoms with Crippen molar-refractivity contribution in [3.05, 3.63) is 66.1 Å². The van der Waals surface area contributed by atoms with Crippen LogP contribution in [0.25, 0.3) is 11.5 Å². The molecule has 1 unspecified atom stereocenters. The van der Waals surface area contributed by atoms with Crippen LogP contribution in [-0.4, -0.2) is 22.8 Å².